The predicted octanol–water partition coefficient (Wildman–Crippen LogP) is 5.49. The van der Waals surface area contributed by atoms with Crippen LogP contribution in [0.5, 0.6) is 11.5 Å². The van der Waals surface area contributed by atoms with Crippen molar-refractivity contribution in [2.75, 3.05) is 4.90 Å². The topological polar surface area (TPSA) is 52.9 Å². The minimum absolute atomic E-state index is 0.00207. The summed E-state index contributed by atoms with van der Waals surface area (Å²) >= 11 is 5.53. The van der Waals surface area contributed by atoms with E-state index in [1.165, 1.54) is 18.2 Å². The molecule has 3 aromatic carbocycles. The highest BCUT2D eigenvalue weighted by atomic mass is 32.1. The van der Waals surface area contributed by atoms with Crippen molar-refractivity contribution in [2.24, 2.45) is 0 Å². The molecule has 1 aliphatic heterocycles. The van der Waals surface area contributed by atoms with E-state index in [9.17, 15) is 14.6 Å². The van der Waals surface area contributed by atoms with Crippen LogP contribution >= 0.6 is 12.2 Å². The average Bonchev–Trinajstić information content (AvgIpc) is 3.06. The van der Waals surface area contributed by atoms with Gasteiger partial charge in [0.05, 0.1) is 0 Å². The molecular formula is C24H22FNO3S. The maximum absolute atomic E-state index is 13.1. The summed E-state index contributed by atoms with van der Waals surface area (Å²) in [5.41, 5.74) is 2.57. The Bertz CT molecular complexity index is 1030. The normalized spacial score (nSPS) is 18.4. The van der Waals surface area contributed by atoms with Crippen LogP contribution in [-0.2, 0) is 11.2 Å². The molecule has 2 atom stereocenters. The number of aryl methyl sites for hydroxylation is 1. The van der Waals surface area contributed by atoms with Crippen molar-refractivity contribution in [3.8, 4) is 11.5 Å². The molecule has 1 heterocycles. The minimum atomic E-state index is -0.325. The molecule has 154 valence electrons. The van der Waals surface area contributed by atoms with Gasteiger partial charge in [-0.25, -0.2) is 4.39 Å². The summed E-state index contributed by atoms with van der Waals surface area (Å²) in [4.78, 5) is 1.91. The lowest BCUT2D eigenvalue weighted by molar-refractivity contribution is 0.190. The summed E-state index contributed by atoms with van der Waals surface area (Å²) in [7, 11) is 0. The van der Waals surface area contributed by atoms with Gasteiger partial charge in [0.15, 0.2) is 0 Å². The molecule has 1 unspecified atom stereocenters. The van der Waals surface area contributed by atoms with E-state index in [0.29, 0.717) is 17.2 Å². The number of halogens is 1. The average molecular weight is 424 g/mol. The number of nitrogens with zero attached hydrogens (tertiary/aromatic N) is 1. The van der Waals surface area contributed by atoms with Gasteiger partial charge < -0.3 is 14.9 Å². The van der Waals surface area contributed by atoms with Crippen molar-refractivity contribution < 1.29 is 19.3 Å². The standard InChI is InChI=1S/C24H22FNO3S/c25-17-11-9-16(10-12-17)5-4-8-22-23(20-14-13-19(27)15-21(20)28)26(24(30)29-22)18-6-2-1-3-7-18/h1-3,6-7,9-15,22-23,27-28H,4-5,8H2/t22?,23-/m1/s1. The second-order valence-electron chi connectivity index (χ2n) is 7.33. The quantitative estimate of drug-likeness (QED) is 0.514. The molecule has 0 saturated carbocycles. The molecule has 1 saturated heterocycles. The first-order valence-electron chi connectivity index (χ1n) is 9.84. The number of para-hydroxylation sites is 1. The maximum Gasteiger partial charge on any atom is 0.264 e. The van der Waals surface area contributed by atoms with E-state index in [0.717, 1.165) is 24.1 Å². The maximum atomic E-state index is 13.1. The third kappa shape index (κ3) is 4.24. The smallest absolute Gasteiger partial charge is 0.264 e. The Morgan fingerprint density at radius 3 is 2.40 bits per heavy atom. The summed E-state index contributed by atoms with van der Waals surface area (Å²) in [5.74, 6) is -0.251. The van der Waals surface area contributed by atoms with Crippen molar-refractivity contribution in [1.82, 2.24) is 0 Å². The molecule has 4 nitrogen and oxygen atoms in total. The number of aromatic hydroxyl groups is 2. The summed E-state index contributed by atoms with van der Waals surface area (Å²) in [6.45, 7) is 0. The number of ether oxygens (including phenoxy) is 1. The molecule has 4 rings (SSSR count). The first-order chi connectivity index (χ1) is 14.5. The van der Waals surface area contributed by atoms with Gasteiger partial charge in [-0.1, -0.05) is 30.3 Å². The molecule has 0 aromatic heterocycles. The lowest BCUT2D eigenvalue weighted by Gasteiger charge is -2.27. The molecule has 30 heavy (non-hydrogen) atoms. The third-order valence-corrected chi connectivity index (χ3v) is 5.61. The molecule has 1 fully saturated rings. The number of rotatable bonds is 6. The van der Waals surface area contributed by atoms with E-state index in [4.69, 9.17) is 17.0 Å². The van der Waals surface area contributed by atoms with Crippen LogP contribution in [-0.4, -0.2) is 21.5 Å². The number of phenolic OH excluding ortho intramolecular Hbond substituents is 2. The lowest BCUT2D eigenvalue weighted by Crippen LogP contribution is -2.29. The van der Waals surface area contributed by atoms with Crippen LogP contribution in [0.4, 0.5) is 10.1 Å². The fourth-order valence-electron chi connectivity index (χ4n) is 3.88. The lowest BCUT2D eigenvalue weighted by atomic mass is 9.94. The van der Waals surface area contributed by atoms with Gasteiger partial charge >= 0.3 is 0 Å². The van der Waals surface area contributed by atoms with Crippen molar-refractivity contribution in [2.45, 2.75) is 31.4 Å². The van der Waals surface area contributed by atoms with E-state index in [2.05, 4.69) is 0 Å². The van der Waals surface area contributed by atoms with Gasteiger partial charge in [-0.15, -0.1) is 0 Å². The Labute approximate surface area is 180 Å². The Hall–Kier alpha value is -3.12. The number of hydrogen-bond acceptors (Lipinski definition) is 4. The van der Waals surface area contributed by atoms with Crippen LogP contribution in [0.15, 0.2) is 72.8 Å². The molecule has 0 radical (unpaired) electrons. The summed E-state index contributed by atoms with van der Waals surface area (Å²) in [6.07, 6.45) is 2.03. The second-order valence-corrected chi connectivity index (χ2v) is 7.68. The molecule has 0 bridgehead atoms. The number of hydrogen-bond donors (Lipinski definition) is 2. The SMILES string of the molecule is Oc1ccc([C@@H]2C(CCCc3ccc(F)cc3)OC(=S)N2c2ccccc2)c(O)c1. The van der Waals surface area contributed by atoms with Crippen molar-refractivity contribution in [3.63, 3.8) is 0 Å². The molecule has 0 spiro atoms. The molecule has 3 aromatic rings. The second kappa shape index (κ2) is 8.71. The van der Waals surface area contributed by atoms with Crippen LogP contribution in [0, 0.1) is 5.82 Å². The van der Waals surface area contributed by atoms with Crippen LogP contribution in [0.3, 0.4) is 0 Å². The Kier molecular flexibility index (Phi) is 5.86. The Balaban J connectivity index is 1.59. The highest BCUT2D eigenvalue weighted by molar-refractivity contribution is 7.80. The zero-order valence-electron chi connectivity index (χ0n) is 16.2. The van der Waals surface area contributed by atoms with Crippen LogP contribution in [0.1, 0.15) is 30.0 Å². The van der Waals surface area contributed by atoms with E-state index in [1.54, 1.807) is 24.3 Å². The zero-order valence-corrected chi connectivity index (χ0v) is 17.1. The van der Waals surface area contributed by atoms with Crippen LogP contribution in [0.2, 0.25) is 0 Å². The first kappa shape index (κ1) is 20.2. The van der Waals surface area contributed by atoms with Crippen LogP contribution < -0.4 is 4.90 Å². The van der Waals surface area contributed by atoms with E-state index in [1.807, 2.05) is 35.2 Å². The van der Waals surface area contributed by atoms with Gasteiger partial charge in [0.2, 0.25) is 0 Å². The molecule has 6 heteroatoms. The first-order valence-corrected chi connectivity index (χ1v) is 10.2. The van der Waals surface area contributed by atoms with Gasteiger partial charge in [0, 0.05) is 17.3 Å². The minimum Gasteiger partial charge on any atom is -0.508 e. The number of phenols is 2. The van der Waals surface area contributed by atoms with Crippen LogP contribution in [0.25, 0.3) is 0 Å². The Morgan fingerprint density at radius 2 is 1.70 bits per heavy atom. The van der Waals surface area contributed by atoms with Crippen molar-refractivity contribution in [1.29, 1.82) is 0 Å². The molecule has 0 amide bonds. The highest BCUT2D eigenvalue weighted by Crippen LogP contribution is 2.43. The predicted molar refractivity (Wildman–Crippen MR) is 118 cm³/mol. The highest BCUT2D eigenvalue weighted by Gasteiger charge is 2.42. The molecule has 2 N–H and O–H groups in total. The zero-order chi connectivity index (χ0) is 21.1. The molecular weight excluding hydrogens is 401 g/mol. The summed E-state index contributed by atoms with van der Waals surface area (Å²) in [5, 5.41) is 20.6. The van der Waals surface area contributed by atoms with Gasteiger partial charge in [0.1, 0.15) is 29.5 Å². The van der Waals surface area contributed by atoms with Gasteiger partial charge in [0.25, 0.3) is 5.17 Å². The van der Waals surface area contributed by atoms with Gasteiger partial charge in [-0.2, -0.15) is 0 Å². The van der Waals surface area contributed by atoms with Gasteiger partial charge in [-0.05, 0) is 73.4 Å². The monoisotopic (exact) mass is 423 g/mol. The van der Waals surface area contributed by atoms with E-state index in [-0.39, 0.29) is 29.5 Å². The van der Waals surface area contributed by atoms with Crippen molar-refractivity contribution in [3.05, 3.63) is 89.7 Å². The number of benzene rings is 3. The largest absolute Gasteiger partial charge is 0.508 e. The molecule has 0 aliphatic carbocycles. The van der Waals surface area contributed by atoms with Crippen molar-refractivity contribution >= 4 is 23.1 Å². The van der Waals surface area contributed by atoms with E-state index >= 15 is 0 Å². The number of anilines is 1. The fourth-order valence-corrected chi connectivity index (χ4v) is 4.22. The molecule has 1 aliphatic rings. The van der Waals surface area contributed by atoms with Gasteiger partial charge in [-0.3, -0.25) is 4.90 Å². The third-order valence-electron chi connectivity index (χ3n) is 5.31. The van der Waals surface area contributed by atoms with E-state index < -0.39 is 0 Å². The summed E-state index contributed by atoms with van der Waals surface area (Å²) < 4.78 is 19.2. The number of thiocarbonyl (C=S) groups is 1. The Morgan fingerprint density at radius 1 is 0.967 bits per heavy atom. The summed E-state index contributed by atoms with van der Waals surface area (Å²) in [6, 6.07) is 20.4. The fraction of sp³-hybridized carbons (Fsp3) is 0.208.